The average molecular weight is 278 g/mol. The first kappa shape index (κ1) is 13.1. The number of ether oxygens (including phenoxy) is 1. The van der Waals surface area contributed by atoms with Crippen LogP contribution in [0.5, 0.6) is 0 Å². The maximum Gasteiger partial charge on any atom is 0.412 e. The second-order valence-corrected chi connectivity index (χ2v) is 4.60. The van der Waals surface area contributed by atoms with Gasteiger partial charge in [-0.2, -0.15) is 0 Å². The van der Waals surface area contributed by atoms with Crippen LogP contribution in [0.4, 0.5) is 10.5 Å². The van der Waals surface area contributed by atoms with Gasteiger partial charge in [0.15, 0.2) is 0 Å². The summed E-state index contributed by atoms with van der Waals surface area (Å²) in [6.07, 6.45) is 1.13. The number of carbonyl (C=O) groups excluding carboxylic acids is 1. The van der Waals surface area contributed by atoms with Crippen molar-refractivity contribution in [3.05, 3.63) is 72.4 Å². The summed E-state index contributed by atoms with van der Waals surface area (Å²) in [6.45, 7) is 0.244. The van der Waals surface area contributed by atoms with Crippen LogP contribution in [0.2, 0.25) is 0 Å². The molecule has 1 aromatic heterocycles. The van der Waals surface area contributed by atoms with E-state index in [9.17, 15) is 4.79 Å². The molecule has 104 valence electrons. The number of benzene rings is 2. The van der Waals surface area contributed by atoms with Crippen molar-refractivity contribution in [1.82, 2.24) is 4.98 Å². The third-order valence-corrected chi connectivity index (χ3v) is 3.05. The van der Waals surface area contributed by atoms with Crippen LogP contribution in [-0.4, -0.2) is 11.1 Å². The highest BCUT2D eigenvalue weighted by molar-refractivity contribution is 5.88. The van der Waals surface area contributed by atoms with Gasteiger partial charge in [-0.15, -0.1) is 0 Å². The normalized spacial score (nSPS) is 10.3. The van der Waals surface area contributed by atoms with E-state index in [2.05, 4.69) is 10.3 Å². The van der Waals surface area contributed by atoms with E-state index in [1.807, 2.05) is 60.7 Å². The molecule has 0 saturated heterocycles. The summed E-state index contributed by atoms with van der Waals surface area (Å²) in [6, 6.07) is 19.1. The fraction of sp³-hybridized carbons (Fsp3) is 0.0588. The second-order valence-electron chi connectivity index (χ2n) is 4.60. The maximum atomic E-state index is 11.8. The minimum atomic E-state index is -0.490. The molecule has 0 aliphatic heterocycles. The number of carbonyl (C=O) groups is 1. The first-order chi connectivity index (χ1) is 10.3. The molecule has 0 spiro atoms. The van der Waals surface area contributed by atoms with Crippen LogP contribution < -0.4 is 5.32 Å². The van der Waals surface area contributed by atoms with Gasteiger partial charge in [0.05, 0.1) is 17.4 Å². The Balaban J connectivity index is 1.63. The third-order valence-electron chi connectivity index (χ3n) is 3.05. The van der Waals surface area contributed by atoms with Crippen LogP contribution in [-0.2, 0) is 11.3 Å². The Morgan fingerprint density at radius 2 is 1.81 bits per heavy atom. The van der Waals surface area contributed by atoms with E-state index in [0.29, 0.717) is 5.69 Å². The summed E-state index contributed by atoms with van der Waals surface area (Å²) in [5.74, 6) is 0. The van der Waals surface area contributed by atoms with Crippen LogP contribution in [0, 0.1) is 0 Å². The molecular weight excluding hydrogens is 264 g/mol. The molecule has 0 radical (unpaired) electrons. The number of rotatable bonds is 3. The van der Waals surface area contributed by atoms with Gasteiger partial charge in [-0.25, -0.2) is 4.79 Å². The SMILES string of the molecule is O=C(Nc1cnc2ccccc2c1)OCc1ccccc1. The van der Waals surface area contributed by atoms with Crippen molar-refractivity contribution in [1.29, 1.82) is 0 Å². The summed E-state index contributed by atoms with van der Waals surface area (Å²) < 4.78 is 5.17. The highest BCUT2D eigenvalue weighted by Gasteiger charge is 2.04. The summed E-state index contributed by atoms with van der Waals surface area (Å²) in [7, 11) is 0. The molecule has 1 heterocycles. The Morgan fingerprint density at radius 1 is 1.05 bits per heavy atom. The van der Waals surface area contributed by atoms with E-state index in [1.54, 1.807) is 6.20 Å². The largest absolute Gasteiger partial charge is 0.444 e. The minimum Gasteiger partial charge on any atom is -0.444 e. The molecule has 0 aliphatic rings. The zero-order valence-corrected chi connectivity index (χ0v) is 11.3. The van der Waals surface area contributed by atoms with Gasteiger partial charge in [-0.05, 0) is 17.7 Å². The molecule has 4 heteroatoms. The van der Waals surface area contributed by atoms with E-state index in [4.69, 9.17) is 4.74 Å². The molecule has 0 aliphatic carbocycles. The van der Waals surface area contributed by atoms with Gasteiger partial charge in [-0.1, -0.05) is 48.5 Å². The lowest BCUT2D eigenvalue weighted by atomic mass is 10.2. The van der Waals surface area contributed by atoms with Gasteiger partial charge < -0.3 is 4.74 Å². The summed E-state index contributed by atoms with van der Waals surface area (Å²) in [5.41, 5.74) is 2.46. The zero-order valence-electron chi connectivity index (χ0n) is 11.3. The monoisotopic (exact) mass is 278 g/mol. The number of hydrogen-bond acceptors (Lipinski definition) is 3. The van der Waals surface area contributed by atoms with Crippen LogP contribution >= 0.6 is 0 Å². The van der Waals surface area contributed by atoms with Crippen LogP contribution in [0.1, 0.15) is 5.56 Å². The summed E-state index contributed by atoms with van der Waals surface area (Å²) in [5, 5.41) is 3.65. The van der Waals surface area contributed by atoms with E-state index < -0.39 is 6.09 Å². The molecule has 0 fully saturated rings. The molecule has 21 heavy (non-hydrogen) atoms. The molecular formula is C17H14N2O2. The van der Waals surface area contributed by atoms with Crippen molar-refractivity contribution in [2.24, 2.45) is 0 Å². The average Bonchev–Trinajstić information content (AvgIpc) is 2.54. The lowest BCUT2D eigenvalue weighted by Gasteiger charge is -2.07. The minimum absolute atomic E-state index is 0.244. The fourth-order valence-electron chi connectivity index (χ4n) is 2.02. The van der Waals surface area contributed by atoms with Crippen molar-refractivity contribution in [3.8, 4) is 0 Å². The van der Waals surface area contributed by atoms with Gasteiger partial charge in [-0.3, -0.25) is 10.3 Å². The van der Waals surface area contributed by atoms with Crippen LogP contribution in [0.25, 0.3) is 10.9 Å². The Bertz CT molecular complexity index is 757. The van der Waals surface area contributed by atoms with E-state index >= 15 is 0 Å². The predicted octanol–water partition coefficient (Wildman–Crippen LogP) is 3.98. The number of aromatic nitrogens is 1. The Hall–Kier alpha value is -2.88. The topological polar surface area (TPSA) is 51.2 Å². The lowest BCUT2D eigenvalue weighted by molar-refractivity contribution is 0.155. The quantitative estimate of drug-likeness (QED) is 0.788. The number of nitrogens with one attached hydrogen (secondary N) is 1. The van der Waals surface area contributed by atoms with Crippen molar-refractivity contribution in [2.45, 2.75) is 6.61 Å². The van der Waals surface area contributed by atoms with Gasteiger partial charge in [0.1, 0.15) is 6.61 Å². The standard InChI is InChI=1S/C17H14N2O2/c20-17(21-12-13-6-2-1-3-7-13)19-15-10-14-8-4-5-9-16(14)18-11-15/h1-11H,12H2,(H,19,20). The zero-order chi connectivity index (χ0) is 14.5. The summed E-state index contributed by atoms with van der Waals surface area (Å²) in [4.78, 5) is 16.0. The van der Waals surface area contributed by atoms with E-state index in [-0.39, 0.29) is 6.61 Å². The number of amides is 1. The molecule has 0 atom stereocenters. The molecule has 3 aromatic rings. The molecule has 0 unspecified atom stereocenters. The van der Waals surface area contributed by atoms with Crippen molar-refractivity contribution in [3.63, 3.8) is 0 Å². The first-order valence-electron chi connectivity index (χ1n) is 6.64. The number of para-hydroxylation sites is 1. The van der Waals surface area contributed by atoms with Gasteiger partial charge >= 0.3 is 6.09 Å². The number of nitrogens with zero attached hydrogens (tertiary/aromatic N) is 1. The molecule has 3 rings (SSSR count). The fourth-order valence-corrected chi connectivity index (χ4v) is 2.02. The lowest BCUT2D eigenvalue weighted by Crippen LogP contribution is -2.13. The maximum absolute atomic E-state index is 11.8. The molecule has 4 nitrogen and oxygen atoms in total. The van der Waals surface area contributed by atoms with Gasteiger partial charge in [0.25, 0.3) is 0 Å². The van der Waals surface area contributed by atoms with Crippen LogP contribution in [0.15, 0.2) is 66.9 Å². The van der Waals surface area contributed by atoms with Gasteiger partial charge in [0, 0.05) is 5.39 Å². The van der Waals surface area contributed by atoms with Gasteiger partial charge in [0.2, 0.25) is 0 Å². The third kappa shape index (κ3) is 3.36. The molecule has 0 saturated carbocycles. The highest BCUT2D eigenvalue weighted by Crippen LogP contribution is 2.16. The Labute approximate surface area is 122 Å². The number of hydrogen-bond donors (Lipinski definition) is 1. The van der Waals surface area contributed by atoms with Crippen LogP contribution in [0.3, 0.4) is 0 Å². The molecule has 2 aromatic carbocycles. The van der Waals surface area contributed by atoms with E-state index in [0.717, 1.165) is 16.5 Å². The Kier molecular flexibility index (Phi) is 3.78. The molecule has 1 amide bonds. The number of anilines is 1. The van der Waals surface area contributed by atoms with Crippen molar-refractivity contribution >= 4 is 22.7 Å². The first-order valence-corrected chi connectivity index (χ1v) is 6.64. The smallest absolute Gasteiger partial charge is 0.412 e. The van der Waals surface area contributed by atoms with Crippen molar-refractivity contribution < 1.29 is 9.53 Å². The second kappa shape index (κ2) is 6.05. The molecule has 0 bridgehead atoms. The highest BCUT2D eigenvalue weighted by atomic mass is 16.5. The number of fused-ring (bicyclic) bond motifs is 1. The summed E-state index contributed by atoms with van der Waals surface area (Å²) >= 11 is 0. The molecule has 1 N–H and O–H groups in total. The van der Waals surface area contributed by atoms with E-state index in [1.165, 1.54) is 0 Å². The predicted molar refractivity (Wildman–Crippen MR) is 82.0 cm³/mol. The Morgan fingerprint density at radius 3 is 2.67 bits per heavy atom. The van der Waals surface area contributed by atoms with Crippen molar-refractivity contribution in [2.75, 3.05) is 5.32 Å². The number of pyridine rings is 1.